The molecular weight excluding hydrogens is 406 g/mol. The Bertz CT molecular complexity index is 980. The lowest BCUT2D eigenvalue weighted by atomic mass is 10.1. The van der Waals surface area contributed by atoms with E-state index in [9.17, 15) is 4.79 Å². The Hall–Kier alpha value is -2.31. The topological polar surface area (TPSA) is 58.4 Å². The molecule has 6 heteroatoms. The molecule has 5 nitrogen and oxygen atoms in total. The van der Waals surface area contributed by atoms with Crippen LogP contribution in [0.1, 0.15) is 55.1 Å². The number of nitrogens with one attached hydrogen (secondary N) is 1. The lowest BCUT2D eigenvalue weighted by Crippen LogP contribution is -2.33. The van der Waals surface area contributed by atoms with Gasteiger partial charge in [0.15, 0.2) is 5.58 Å². The van der Waals surface area contributed by atoms with Crippen LogP contribution in [0.2, 0.25) is 0 Å². The minimum absolute atomic E-state index is 0.0103. The summed E-state index contributed by atoms with van der Waals surface area (Å²) in [5, 5.41) is 3.78. The Kier molecular flexibility index (Phi) is 8.55. The summed E-state index contributed by atoms with van der Waals surface area (Å²) in [6.45, 7) is 11.7. The van der Waals surface area contributed by atoms with Crippen molar-refractivity contribution >= 4 is 28.8 Å². The molecule has 1 N–H and O–H groups in total. The van der Waals surface area contributed by atoms with E-state index >= 15 is 0 Å². The summed E-state index contributed by atoms with van der Waals surface area (Å²) in [5.74, 6) is 0.735. The third kappa shape index (κ3) is 6.84. The van der Waals surface area contributed by atoms with Crippen molar-refractivity contribution in [3.8, 4) is 0 Å². The second-order valence-electron chi connectivity index (χ2n) is 7.98. The van der Waals surface area contributed by atoms with Gasteiger partial charge < -0.3 is 14.6 Å². The van der Waals surface area contributed by atoms with E-state index in [0.717, 1.165) is 54.9 Å². The third-order valence-corrected chi connectivity index (χ3v) is 6.38. The standard InChI is InChI=1S/C25H33N3O2S/c1-5-28(6-2)15-7-8-19(4)26-24(29)21-12-10-20(11-13-21)17-31-25-27-22-16-18(3)9-14-23(22)30-25/h9-14,16,19H,5-8,15,17H2,1-4H3,(H,26,29). The number of fused-ring (bicyclic) bond motifs is 1. The van der Waals surface area contributed by atoms with Gasteiger partial charge in [-0.1, -0.05) is 43.8 Å². The van der Waals surface area contributed by atoms with Crippen LogP contribution in [0.15, 0.2) is 52.1 Å². The first-order chi connectivity index (χ1) is 15.0. The number of thioether (sulfide) groups is 1. The smallest absolute Gasteiger partial charge is 0.257 e. The molecule has 1 heterocycles. The number of hydrogen-bond acceptors (Lipinski definition) is 5. The first-order valence-corrected chi connectivity index (χ1v) is 12.1. The van der Waals surface area contributed by atoms with Crippen LogP contribution in [-0.4, -0.2) is 41.5 Å². The van der Waals surface area contributed by atoms with Crippen LogP contribution in [0.25, 0.3) is 11.1 Å². The zero-order valence-corrected chi connectivity index (χ0v) is 19.8. The molecule has 1 amide bonds. The van der Waals surface area contributed by atoms with Crippen LogP contribution in [0.5, 0.6) is 0 Å². The summed E-state index contributed by atoms with van der Waals surface area (Å²) < 4.78 is 5.80. The van der Waals surface area contributed by atoms with Crippen molar-refractivity contribution in [3.05, 3.63) is 59.2 Å². The van der Waals surface area contributed by atoms with E-state index in [4.69, 9.17) is 4.42 Å². The van der Waals surface area contributed by atoms with Crippen molar-refractivity contribution in [2.24, 2.45) is 0 Å². The highest BCUT2D eigenvalue weighted by molar-refractivity contribution is 7.98. The predicted molar refractivity (Wildman–Crippen MR) is 129 cm³/mol. The van der Waals surface area contributed by atoms with Gasteiger partial charge in [-0.3, -0.25) is 4.79 Å². The van der Waals surface area contributed by atoms with Crippen molar-refractivity contribution in [3.63, 3.8) is 0 Å². The summed E-state index contributed by atoms with van der Waals surface area (Å²) in [4.78, 5) is 19.5. The Balaban J connectivity index is 1.46. The van der Waals surface area contributed by atoms with E-state index in [0.29, 0.717) is 10.8 Å². The molecule has 0 bridgehead atoms. The monoisotopic (exact) mass is 439 g/mol. The molecule has 0 fully saturated rings. The van der Waals surface area contributed by atoms with Crippen LogP contribution in [0, 0.1) is 6.92 Å². The molecule has 3 rings (SSSR count). The van der Waals surface area contributed by atoms with Gasteiger partial charge in [-0.15, -0.1) is 0 Å². The van der Waals surface area contributed by atoms with Crippen LogP contribution in [0.4, 0.5) is 0 Å². The Labute approximate surface area is 189 Å². The number of benzene rings is 2. The Morgan fingerprint density at radius 2 is 1.90 bits per heavy atom. The first kappa shape index (κ1) is 23.4. The highest BCUT2D eigenvalue weighted by Crippen LogP contribution is 2.26. The van der Waals surface area contributed by atoms with Gasteiger partial charge in [0.25, 0.3) is 11.1 Å². The average molecular weight is 440 g/mol. The van der Waals surface area contributed by atoms with Crippen molar-refractivity contribution < 1.29 is 9.21 Å². The normalized spacial score (nSPS) is 12.4. The number of aromatic nitrogens is 1. The number of nitrogens with zero attached hydrogens (tertiary/aromatic N) is 2. The van der Waals surface area contributed by atoms with Crippen LogP contribution in [-0.2, 0) is 5.75 Å². The molecule has 0 aliphatic rings. The molecule has 31 heavy (non-hydrogen) atoms. The molecule has 1 unspecified atom stereocenters. The summed E-state index contributed by atoms with van der Waals surface area (Å²) in [5.41, 5.74) is 4.70. The maximum Gasteiger partial charge on any atom is 0.257 e. The molecule has 1 aromatic heterocycles. The van der Waals surface area contributed by atoms with Gasteiger partial charge in [-0.25, -0.2) is 4.98 Å². The summed E-state index contributed by atoms with van der Waals surface area (Å²) in [6.07, 6.45) is 2.08. The highest BCUT2D eigenvalue weighted by Gasteiger charge is 2.11. The number of carbonyl (C=O) groups is 1. The molecule has 2 aromatic carbocycles. The van der Waals surface area contributed by atoms with Crippen LogP contribution >= 0.6 is 11.8 Å². The predicted octanol–water partition coefficient (Wildman–Crippen LogP) is 5.67. The fourth-order valence-electron chi connectivity index (χ4n) is 3.52. The average Bonchev–Trinajstić information content (AvgIpc) is 3.17. The molecule has 0 spiro atoms. The Morgan fingerprint density at radius 1 is 1.16 bits per heavy atom. The van der Waals surface area contributed by atoms with Gasteiger partial charge in [-0.05, 0) is 81.7 Å². The van der Waals surface area contributed by atoms with Crippen molar-refractivity contribution in [1.29, 1.82) is 0 Å². The van der Waals surface area contributed by atoms with Gasteiger partial charge in [0.05, 0.1) is 0 Å². The third-order valence-electron chi connectivity index (χ3n) is 5.49. The first-order valence-electron chi connectivity index (χ1n) is 11.1. The SMILES string of the molecule is CCN(CC)CCCC(C)NC(=O)c1ccc(CSc2nc3cc(C)ccc3o2)cc1. The van der Waals surface area contributed by atoms with E-state index in [2.05, 4.69) is 36.0 Å². The number of hydrogen-bond donors (Lipinski definition) is 1. The van der Waals surface area contributed by atoms with E-state index in [1.165, 1.54) is 5.56 Å². The summed E-state index contributed by atoms with van der Waals surface area (Å²) in [6, 6.07) is 14.0. The molecule has 1 atom stereocenters. The molecule has 0 aliphatic carbocycles. The van der Waals surface area contributed by atoms with Gasteiger partial charge in [0, 0.05) is 17.4 Å². The zero-order chi connectivity index (χ0) is 22.2. The minimum Gasteiger partial charge on any atom is -0.431 e. The molecule has 0 aliphatic heterocycles. The van der Waals surface area contributed by atoms with Crippen molar-refractivity contribution in [1.82, 2.24) is 15.2 Å². The molecule has 3 aromatic rings. The second kappa shape index (κ2) is 11.3. The van der Waals surface area contributed by atoms with Gasteiger partial charge in [0.1, 0.15) is 5.52 Å². The highest BCUT2D eigenvalue weighted by atomic mass is 32.2. The van der Waals surface area contributed by atoms with Gasteiger partial charge >= 0.3 is 0 Å². The molecular formula is C25H33N3O2S. The van der Waals surface area contributed by atoms with Crippen molar-refractivity contribution in [2.75, 3.05) is 19.6 Å². The fourth-order valence-corrected chi connectivity index (χ4v) is 4.31. The lowest BCUT2D eigenvalue weighted by molar-refractivity contribution is 0.0937. The fraction of sp³-hybridized carbons (Fsp3) is 0.440. The number of aryl methyl sites for hydroxylation is 1. The molecule has 0 radical (unpaired) electrons. The Morgan fingerprint density at radius 3 is 2.61 bits per heavy atom. The zero-order valence-electron chi connectivity index (χ0n) is 19.0. The number of amides is 1. The quantitative estimate of drug-likeness (QED) is 0.390. The number of carbonyl (C=O) groups excluding carboxylic acids is 1. The van der Waals surface area contributed by atoms with Gasteiger partial charge in [-0.2, -0.15) is 0 Å². The van der Waals surface area contributed by atoms with Crippen LogP contribution < -0.4 is 5.32 Å². The summed E-state index contributed by atoms with van der Waals surface area (Å²) >= 11 is 1.56. The van der Waals surface area contributed by atoms with Gasteiger partial charge in [0.2, 0.25) is 0 Å². The minimum atomic E-state index is -0.0103. The molecule has 166 valence electrons. The molecule has 0 saturated heterocycles. The maximum atomic E-state index is 12.5. The van der Waals surface area contributed by atoms with E-state index < -0.39 is 0 Å². The number of oxazole rings is 1. The summed E-state index contributed by atoms with van der Waals surface area (Å²) in [7, 11) is 0. The largest absolute Gasteiger partial charge is 0.431 e. The van der Waals surface area contributed by atoms with E-state index in [1.807, 2.05) is 49.4 Å². The van der Waals surface area contributed by atoms with Crippen LogP contribution in [0.3, 0.4) is 0 Å². The second-order valence-corrected chi connectivity index (χ2v) is 8.91. The van der Waals surface area contributed by atoms with E-state index in [-0.39, 0.29) is 11.9 Å². The maximum absolute atomic E-state index is 12.5. The van der Waals surface area contributed by atoms with E-state index in [1.54, 1.807) is 11.8 Å². The van der Waals surface area contributed by atoms with Crippen molar-refractivity contribution in [2.45, 2.75) is 57.6 Å². The molecule has 0 saturated carbocycles. The number of rotatable bonds is 11. The lowest BCUT2D eigenvalue weighted by Gasteiger charge is -2.19.